The van der Waals surface area contributed by atoms with E-state index in [-0.39, 0.29) is 17.6 Å². The first-order valence-corrected chi connectivity index (χ1v) is 11.3. The minimum atomic E-state index is -0.446. The standard InChI is InChI=1S/C26H31N5O3/c1-5-20(18(3)12-13-19(4)25(33)31-16-9-14-27-15-17-31)28-21(6-2)24(32)30-26-29-22-10-7-8-11-23(22)34-26/h5-8,10-13,27H,1,9,14-17H2,2-4H3,(H,29,30,32)/b18-12+,19-13+,21-6-,28-20-. The van der Waals surface area contributed by atoms with Gasteiger partial charge in [-0.3, -0.25) is 14.9 Å². The third kappa shape index (κ3) is 6.39. The smallest absolute Gasteiger partial charge is 0.302 e. The molecule has 1 aromatic carbocycles. The van der Waals surface area contributed by atoms with Crippen LogP contribution in [0.25, 0.3) is 11.1 Å². The number of carbonyl (C=O) groups excluding carboxylic acids is 2. The fourth-order valence-electron chi connectivity index (χ4n) is 3.46. The molecule has 34 heavy (non-hydrogen) atoms. The van der Waals surface area contributed by atoms with Crippen LogP contribution in [0.1, 0.15) is 27.2 Å². The van der Waals surface area contributed by atoms with Crippen LogP contribution >= 0.6 is 0 Å². The zero-order chi connectivity index (χ0) is 24.5. The number of para-hydroxylation sites is 2. The Kier molecular flexibility index (Phi) is 8.70. The van der Waals surface area contributed by atoms with Crippen molar-refractivity contribution < 1.29 is 14.0 Å². The van der Waals surface area contributed by atoms with Gasteiger partial charge in [0.1, 0.15) is 11.2 Å². The van der Waals surface area contributed by atoms with E-state index in [2.05, 4.69) is 27.2 Å². The van der Waals surface area contributed by atoms with Crippen molar-refractivity contribution in [3.63, 3.8) is 0 Å². The van der Waals surface area contributed by atoms with Gasteiger partial charge in [-0.15, -0.1) is 0 Å². The number of oxazole rings is 1. The normalized spacial score (nSPS) is 16.4. The van der Waals surface area contributed by atoms with Crippen molar-refractivity contribution in [1.29, 1.82) is 0 Å². The van der Waals surface area contributed by atoms with Crippen LogP contribution < -0.4 is 10.6 Å². The molecular formula is C26H31N5O3. The highest BCUT2D eigenvalue weighted by molar-refractivity contribution is 6.12. The number of rotatable bonds is 7. The maximum Gasteiger partial charge on any atom is 0.302 e. The summed E-state index contributed by atoms with van der Waals surface area (Å²) in [7, 11) is 0. The predicted octanol–water partition coefficient (Wildman–Crippen LogP) is 4.01. The Morgan fingerprint density at radius 3 is 2.68 bits per heavy atom. The maximum atomic E-state index is 12.7. The fraction of sp³-hybridized carbons (Fsp3) is 0.308. The molecule has 0 aliphatic carbocycles. The number of aliphatic imine (C=N–C) groups is 1. The highest BCUT2D eigenvalue weighted by Crippen LogP contribution is 2.19. The van der Waals surface area contributed by atoms with E-state index < -0.39 is 5.91 Å². The van der Waals surface area contributed by atoms with Gasteiger partial charge in [-0.05, 0) is 57.5 Å². The first-order valence-electron chi connectivity index (χ1n) is 11.3. The van der Waals surface area contributed by atoms with E-state index in [0.29, 0.717) is 28.9 Å². The number of amides is 2. The molecule has 8 nitrogen and oxygen atoms in total. The second kappa shape index (κ2) is 11.9. The summed E-state index contributed by atoms with van der Waals surface area (Å²) in [5.41, 5.74) is 3.37. The molecule has 2 aromatic rings. The van der Waals surface area contributed by atoms with Gasteiger partial charge < -0.3 is 14.6 Å². The Labute approximate surface area is 199 Å². The third-order valence-corrected chi connectivity index (χ3v) is 5.41. The van der Waals surface area contributed by atoms with E-state index in [1.54, 1.807) is 44.2 Å². The molecular weight excluding hydrogens is 430 g/mol. The predicted molar refractivity (Wildman–Crippen MR) is 136 cm³/mol. The number of nitrogens with zero attached hydrogens (tertiary/aromatic N) is 3. The topological polar surface area (TPSA) is 99.8 Å². The van der Waals surface area contributed by atoms with E-state index in [4.69, 9.17) is 4.42 Å². The number of hydrogen-bond acceptors (Lipinski definition) is 6. The summed E-state index contributed by atoms with van der Waals surface area (Å²) < 4.78 is 5.56. The molecule has 0 atom stereocenters. The molecule has 2 heterocycles. The molecule has 8 heteroatoms. The molecule has 1 saturated heterocycles. The molecule has 1 aliphatic heterocycles. The second-order valence-electron chi connectivity index (χ2n) is 7.91. The molecule has 0 bridgehead atoms. The van der Waals surface area contributed by atoms with Crippen molar-refractivity contribution in [2.45, 2.75) is 27.2 Å². The number of anilines is 1. The van der Waals surface area contributed by atoms with Crippen molar-refractivity contribution in [3.8, 4) is 0 Å². The highest BCUT2D eigenvalue weighted by Gasteiger charge is 2.16. The lowest BCUT2D eigenvalue weighted by molar-refractivity contribution is -0.126. The van der Waals surface area contributed by atoms with Crippen molar-refractivity contribution in [2.24, 2.45) is 4.99 Å². The van der Waals surface area contributed by atoms with Crippen LogP contribution in [0.2, 0.25) is 0 Å². The van der Waals surface area contributed by atoms with Crippen molar-refractivity contribution in [1.82, 2.24) is 15.2 Å². The van der Waals surface area contributed by atoms with Gasteiger partial charge in [0.05, 0.1) is 5.71 Å². The van der Waals surface area contributed by atoms with Gasteiger partial charge in [0.25, 0.3) is 5.91 Å². The van der Waals surface area contributed by atoms with Crippen molar-refractivity contribution >= 4 is 34.6 Å². The molecule has 1 aromatic heterocycles. The zero-order valence-electron chi connectivity index (χ0n) is 19.9. The van der Waals surface area contributed by atoms with E-state index in [0.717, 1.165) is 31.6 Å². The van der Waals surface area contributed by atoms with E-state index in [9.17, 15) is 9.59 Å². The van der Waals surface area contributed by atoms with E-state index in [1.807, 2.05) is 30.0 Å². The van der Waals surface area contributed by atoms with E-state index >= 15 is 0 Å². The van der Waals surface area contributed by atoms with Gasteiger partial charge in [0.2, 0.25) is 5.91 Å². The average molecular weight is 462 g/mol. The van der Waals surface area contributed by atoms with Crippen LogP contribution in [0, 0.1) is 0 Å². The molecule has 0 spiro atoms. The minimum Gasteiger partial charge on any atom is -0.423 e. The number of fused-ring (bicyclic) bond motifs is 1. The molecule has 3 rings (SSSR count). The van der Waals surface area contributed by atoms with Crippen LogP contribution in [0.15, 0.2) is 81.4 Å². The molecule has 1 aliphatic rings. The van der Waals surface area contributed by atoms with Crippen molar-refractivity contribution in [3.05, 3.63) is 72.0 Å². The first kappa shape index (κ1) is 24.9. The Bertz CT molecular complexity index is 1150. The van der Waals surface area contributed by atoms with Crippen LogP contribution in [0.3, 0.4) is 0 Å². The van der Waals surface area contributed by atoms with Gasteiger partial charge in [-0.1, -0.05) is 36.9 Å². The Hall–Kier alpha value is -3.78. The largest absolute Gasteiger partial charge is 0.423 e. The van der Waals surface area contributed by atoms with Gasteiger partial charge in [-0.2, -0.15) is 4.98 Å². The summed E-state index contributed by atoms with van der Waals surface area (Å²) >= 11 is 0. The second-order valence-corrected chi connectivity index (χ2v) is 7.91. The lowest BCUT2D eigenvalue weighted by Gasteiger charge is -2.20. The summed E-state index contributed by atoms with van der Waals surface area (Å²) in [6.07, 6.45) is 7.72. The summed E-state index contributed by atoms with van der Waals surface area (Å²) in [5, 5.41) is 5.94. The minimum absolute atomic E-state index is 0.0247. The Morgan fingerprint density at radius 2 is 1.94 bits per heavy atom. The fourth-order valence-corrected chi connectivity index (χ4v) is 3.46. The quantitative estimate of drug-likeness (QED) is 0.369. The van der Waals surface area contributed by atoms with Crippen molar-refractivity contribution in [2.75, 3.05) is 31.5 Å². The summed E-state index contributed by atoms with van der Waals surface area (Å²) in [4.78, 5) is 36.1. The van der Waals surface area contributed by atoms with Crippen LogP contribution in [0.4, 0.5) is 6.01 Å². The summed E-state index contributed by atoms with van der Waals surface area (Å²) in [6.45, 7) is 12.4. The van der Waals surface area contributed by atoms with Gasteiger partial charge in [0, 0.05) is 25.2 Å². The zero-order valence-corrected chi connectivity index (χ0v) is 19.9. The number of allylic oxidation sites excluding steroid dienone is 5. The maximum absolute atomic E-state index is 12.7. The molecule has 0 saturated carbocycles. The Morgan fingerprint density at radius 1 is 1.18 bits per heavy atom. The lowest BCUT2D eigenvalue weighted by Crippen LogP contribution is -2.34. The van der Waals surface area contributed by atoms with Gasteiger partial charge in [0.15, 0.2) is 5.58 Å². The monoisotopic (exact) mass is 461 g/mol. The number of hydrogen-bond donors (Lipinski definition) is 2. The molecule has 2 amide bonds. The number of aromatic nitrogens is 1. The number of nitrogens with one attached hydrogen (secondary N) is 2. The first-order chi connectivity index (χ1) is 16.4. The molecule has 2 N–H and O–H groups in total. The molecule has 1 fully saturated rings. The summed E-state index contributed by atoms with van der Waals surface area (Å²) in [6, 6.07) is 7.37. The molecule has 178 valence electrons. The van der Waals surface area contributed by atoms with Gasteiger partial charge in [-0.25, -0.2) is 4.99 Å². The lowest BCUT2D eigenvalue weighted by atomic mass is 10.1. The van der Waals surface area contributed by atoms with Crippen LogP contribution in [-0.2, 0) is 9.59 Å². The van der Waals surface area contributed by atoms with E-state index in [1.165, 1.54) is 0 Å². The third-order valence-electron chi connectivity index (χ3n) is 5.41. The molecule has 0 radical (unpaired) electrons. The average Bonchev–Trinajstić information content (AvgIpc) is 3.05. The van der Waals surface area contributed by atoms with Gasteiger partial charge >= 0.3 is 6.01 Å². The molecule has 0 unspecified atom stereocenters. The number of benzene rings is 1. The summed E-state index contributed by atoms with van der Waals surface area (Å²) in [5.74, 6) is -0.422. The van der Waals surface area contributed by atoms with Crippen LogP contribution in [-0.4, -0.2) is 53.6 Å². The SMILES string of the molecule is C=CC(=N/C(=C\C)C(=O)Nc1nc2ccccc2o1)/C(C)=C/C=C(\C)C(=O)N1CCCNCC1. The highest BCUT2D eigenvalue weighted by atomic mass is 16.4. The number of carbonyl (C=O) groups is 2. The Balaban J connectivity index is 1.72. The van der Waals surface area contributed by atoms with Crippen LogP contribution in [0.5, 0.6) is 0 Å².